The van der Waals surface area contributed by atoms with Gasteiger partial charge in [0.15, 0.2) is 11.5 Å². The molecule has 9 nitrogen and oxygen atoms in total. The average Bonchev–Trinajstić information content (AvgIpc) is 3.52. The average molecular weight is 478 g/mol. The number of carbonyl (C=O) groups excluding carboxylic acids is 2. The Morgan fingerprint density at radius 2 is 2.06 bits per heavy atom. The Bertz CT molecular complexity index is 1050. The van der Waals surface area contributed by atoms with E-state index in [-0.39, 0.29) is 42.4 Å². The normalized spacial score (nSPS) is 20.4. The smallest absolute Gasteiger partial charge is 0.387 e. The van der Waals surface area contributed by atoms with Crippen molar-refractivity contribution in [1.29, 1.82) is 0 Å². The van der Waals surface area contributed by atoms with Crippen LogP contribution in [0.2, 0.25) is 0 Å². The van der Waals surface area contributed by atoms with Gasteiger partial charge in [0.25, 0.3) is 5.70 Å². The van der Waals surface area contributed by atoms with E-state index < -0.39 is 29.5 Å². The molecule has 1 fully saturated rings. The lowest BCUT2D eigenvalue weighted by atomic mass is 9.88. The molecule has 3 aliphatic rings. The number of carbonyl (C=O) groups is 2. The van der Waals surface area contributed by atoms with Crippen LogP contribution in [0.25, 0.3) is 0 Å². The predicted molar refractivity (Wildman–Crippen MR) is 114 cm³/mol. The fraction of sp³-hybridized carbons (Fsp3) is 0.478. The summed E-state index contributed by atoms with van der Waals surface area (Å²) in [5, 5.41) is 11.5. The highest BCUT2D eigenvalue weighted by atomic mass is 19.3. The van der Waals surface area contributed by atoms with Crippen molar-refractivity contribution >= 4 is 11.8 Å². The van der Waals surface area contributed by atoms with Crippen LogP contribution in [0.15, 0.2) is 41.7 Å². The lowest BCUT2D eigenvalue weighted by molar-refractivity contribution is -0.421. The zero-order valence-electron chi connectivity index (χ0n) is 18.4. The van der Waals surface area contributed by atoms with E-state index in [1.807, 2.05) is 0 Å². The number of hydrogen-bond acceptors (Lipinski definition) is 8. The van der Waals surface area contributed by atoms with Crippen molar-refractivity contribution in [2.75, 3.05) is 20.3 Å². The monoisotopic (exact) mass is 478 g/mol. The minimum atomic E-state index is -3.04. The molecule has 0 saturated heterocycles. The molecule has 4 rings (SSSR count). The number of halogens is 2. The van der Waals surface area contributed by atoms with Crippen molar-refractivity contribution in [3.05, 3.63) is 57.4 Å². The third-order valence-electron chi connectivity index (χ3n) is 6.18. The molecule has 0 spiro atoms. The van der Waals surface area contributed by atoms with Gasteiger partial charge in [0.2, 0.25) is 0 Å². The SMILES string of the molecule is COC(=O)CC(c1ccc(OC(F)F)c(OCC2CC2)c1)N1C=C2C([N+](=O)[O-])=CCC(=O)C2C1. The Morgan fingerprint density at radius 3 is 2.71 bits per heavy atom. The number of hydrogen-bond donors (Lipinski definition) is 0. The van der Waals surface area contributed by atoms with Gasteiger partial charge in [-0.1, -0.05) is 6.07 Å². The van der Waals surface area contributed by atoms with Crippen LogP contribution in [0.3, 0.4) is 0 Å². The van der Waals surface area contributed by atoms with Gasteiger partial charge < -0.3 is 19.1 Å². The van der Waals surface area contributed by atoms with Crippen molar-refractivity contribution in [2.45, 2.75) is 38.3 Å². The van der Waals surface area contributed by atoms with E-state index in [1.165, 1.54) is 37.6 Å². The molecule has 2 unspecified atom stereocenters. The number of rotatable bonds is 10. The van der Waals surface area contributed by atoms with Crippen LogP contribution in [0.1, 0.15) is 37.3 Å². The molecule has 1 saturated carbocycles. The summed E-state index contributed by atoms with van der Waals surface area (Å²) < 4.78 is 41.0. The topological polar surface area (TPSA) is 108 Å². The zero-order chi connectivity index (χ0) is 24.4. The first-order chi connectivity index (χ1) is 16.3. The highest BCUT2D eigenvalue weighted by Gasteiger charge is 2.42. The number of fused-ring (bicyclic) bond motifs is 1. The highest BCUT2D eigenvalue weighted by Crippen LogP contribution is 2.41. The molecule has 0 N–H and O–H groups in total. The van der Waals surface area contributed by atoms with E-state index in [0.717, 1.165) is 12.8 Å². The second kappa shape index (κ2) is 9.78. The summed E-state index contributed by atoms with van der Waals surface area (Å²) in [5.41, 5.74) is 0.699. The summed E-state index contributed by atoms with van der Waals surface area (Å²) in [6.07, 6.45) is 4.65. The molecule has 2 atom stereocenters. The number of nitro groups is 1. The number of allylic oxidation sites excluding steroid dienone is 2. The van der Waals surface area contributed by atoms with E-state index in [1.54, 1.807) is 4.90 Å². The minimum Gasteiger partial charge on any atom is -0.489 e. The fourth-order valence-electron chi connectivity index (χ4n) is 4.20. The second-order valence-electron chi connectivity index (χ2n) is 8.49. The first kappa shape index (κ1) is 23.7. The maximum atomic E-state index is 12.9. The Labute approximate surface area is 194 Å². The molecular weight excluding hydrogens is 454 g/mol. The molecule has 1 heterocycles. The van der Waals surface area contributed by atoms with Crippen LogP contribution in [0.4, 0.5) is 8.78 Å². The summed E-state index contributed by atoms with van der Waals surface area (Å²) in [7, 11) is 1.24. The van der Waals surface area contributed by atoms with Gasteiger partial charge in [-0.05, 0) is 36.5 Å². The van der Waals surface area contributed by atoms with Gasteiger partial charge in [0.05, 0.1) is 42.6 Å². The van der Waals surface area contributed by atoms with Gasteiger partial charge >= 0.3 is 12.6 Å². The summed E-state index contributed by atoms with van der Waals surface area (Å²) in [4.78, 5) is 37.3. The van der Waals surface area contributed by atoms with Crippen LogP contribution >= 0.6 is 0 Å². The first-order valence-electron chi connectivity index (χ1n) is 10.9. The zero-order valence-corrected chi connectivity index (χ0v) is 18.4. The van der Waals surface area contributed by atoms with Crippen molar-refractivity contribution in [1.82, 2.24) is 4.90 Å². The Balaban J connectivity index is 1.68. The van der Waals surface area contributed by atoms with Gasteiger partial charge in [-0.25, -0.2) is 0 Å². The van der Waals surface area contributed by atoms with Gasteiger partial charge in [0, 0.05) is 25.2 Å². The van der Waals surface area contributed by atoms with Crippen LogP contribution in [0.5, 0.6) is 11.5 Å². The summed E-state index contributed by atoms with van der Waals surface area (Å²) >= 11 is 0. The molecule has 1 aliphatic heterocycles. The second-order valence-corrected chi connectivity index (χ2v) is 8.49. The van der Waals surface area contributed by atoms with E-state index in [4.69, 9.17) is 9.47 Å². The van der Waals surface area contributed by atoms with E-state index in [2.05, 4.69) is 4.74 Å². The number of nitrogens with zero attached hydrogens (tertiary/aromatic N) is 2. The number of ether oxygens (including phenoxy) is 3. The quantitative estimate of drug-likeness (QED) is 0.285. The first-order valence-corrected chi connectivity index (χ1v) is 10.9. The molecule has 1 aromatic carbocycles. The summed E-state index contributed by atoms with van der Waals surface area (Å²) in [6, 6.07) is 3.73. The maximum absolute atomic E-state index is 12.9. The number of alkyl halides is 2. The molecule has 11 heteroatoms. The predicted octanol–water partition coefficient (Wildman–Crippen LogP) is 3.63. The van der Waals surface area contributed by atoms with E-state index >= 15 is 0 Å². The summed E-state index contributed by atoms with van der Waals surface area (Å²) in [6.45, 7) is -2.54. The van der Waals surface area contributed by atoms with Gasteiger partial charge in [-0.2, -0.15) is 8.78 Å². The number of benzene rings is 1. The van der Waals surface area contributed by atoms with Crippen molar-refractivity contribution in [3.63, 3.8) is 0 Å². The van der Waals surface area contributed by atoms with Crippen LogP contribution < -0.4 is 9.47 Å². The number of Topliss-reactive ketones (excluding diaryl/α,β-unsaturated/α-hetero) is 1. The van der Waals surface area contributed by atoms with Crippen LogP contribution in [0, 0.1) is 22.0 Å². The van der Waals surface area contributed by atoms with Crippen molar-refractivity contribution in [2.24, 2.45) is 11.8 Å². The number of esters is 1. The van der Waals surface area contributed by atoms with Gasteiger partial charge in [0.1, 0.15) is 5.78 Å². The van der Waals surface area contributed by atoms with E-state index in [0.29, 0.717) is 23.7 Å². The van der Waals surface area contributed by atoms with E-state index in [9.17, 15) is 28.5 Å². The number of ketones is 1. The van der Waals surface area contributed by atoms with Crippen molar-refractivity contribution in [3.8, 4) is 11.5 Å². The Kier molecular flexibility index (Phi) is 6.80. The lowest BCUT2D eigenvalue weighted by Crippen LogP contribution is -2.30. The molecule has 2 aliphatic carbocycles. The molecule has 34 heavy (non-hydrogen) atoms. The molecule has 0 aromatic heterocycles. The van der Waals surface area contributed by atoms with Crippen LogP contribution in [-0.2, 0) is 14.3 Å². The lowest BCUT2D eigenvalue weighted by Gasteiger charge is -2.29. The van der Waals surface area contributed by atoms with Gasteiger partial charge in [-0.3, -0.25) is 19.7 Å². The minimum absolute atomic E-state index is 0.0351. The highest BCUT2D eigenvalue weighted by molar-refractivity contribution is 5.88. The standard InChI is InChI=1S/C23H24F2N2O7/c1-32-22(29)9-18(26-10-15-16(11-26)19(28)6-5-17(15)27(30)31)14-4-7-20(34-23(24)25)21(8-14)33-12-13-2-3-13/h4-5,7-8,10,13,16,18,23H,2-3,6,9,11-12H2,1H3. The third kappa shape index (κ3) is 5.18. The van der Waals surface area contributed by atoms with Gasteiger partial charge in [-0.15, -0.1) is 0 Å². The van der Waals surface area contributed by atoms with Crippen LogP contribution in [-0.4, -0.2) is 48.4 Å². The molecular formula is C23H24F2N2O7. The third-order valence-corrected chi connectivity index (χ3v) is 6.18. The Hall–Kier alpha value is -3.50. The Morgan fingerprint density at radius 1 is 1.29 bits per heavy atom. The fourth-order valence-corrected chi connectivity index (χ4v) is 4.20. The molecule has 1 aromatic rings. The molecule has 182 valence electrons. The molecule has 0 radical (unpaired) electrons. The summed E-state index contributed by atoms with van der Waals surface area (Å²) in [5.74, 6) is -1.02. The van der Waals surface area contributed by atoms with Crippen molar-refractivity contribution < 1.29 is 37.5 Å². The molecule has 0 amide bonds. The maximum Gasteiger partial charge on any atom is 0.387 e. The largest absolute Gasteiger partial charge is 0.489 e. The number of methoxy groups -OCH3 is 1. The molecule has 0 bridgehead atoms.